The van der Waals surface area contributed by atoms with E-state index in [1.54, 1.807) is 7.11 Å². The Balaban J connectivity index is 1.40. The van der Waals surface area contributed by atoms with E-state index in [2.05, 4.69) is 5.32 Å². The van der Waals surface area contributed by atoms with Crippen molar-refractivity contribution in [2.75, 3.05) is 26.8 Å². The Morgan fingerprint density at radius 2 is 1.77 bits per heavy atom. The third-order valence-electron chi connectivity index (χ3n) is 5.58. The second kappa shape index (κ2) is 11.4. The van der Waals surface area contributed by atoms with Crippen LogP contribution < -0.4 is 14.8 Å². The molecule has 1 aliphatic rings. The predicted octanol–water partition coefficient (Wildman–Crippen LogP) is 3.38. The Morgan fingerprint density at radius 1 is 1.03 bits per heavy atom. The summed E-state index contributed by atoms with van der Waals surface area (Å²) in [4.78, 5) is 26.8. The number of carbonyl (C=O) groups is 2. The Kier molecular flexibility index (Phi) is 8.33. The number of methoxy groups -OCH3 is 1. The average Bonchev–Trinajstić information content (AvgIpc) is 2.79. The molecule has 0 aliphatic carbocycles. The van der Waals surface area contributed by atoms with Gasteiger partial charge in [-0.1, -0.05) is 36.4 Å². The minimum absolute atomic E-state index is 0.0434. The van der Waals surface area contributed by atoms with Crippen LogP contribution in [0, 0.1) is 0 Å². The molecule has 0 saturated carbocycles. The van der Waals surface area contributed by atoms with Gasteiger partial charge in [-0.2, -0.15) is 0 Å². The van der Waals surface area contributed by atoms with Crippen molar-refractivity contribution in [2.45, 2.75) is 45.1 Å². The molecule has 2 amide bonds. The highest BCUT2D eigenvalue weighted by Crippen LogP contribution is 2.28. The highest BCUT2D eigenvalue weighted by molar-refractivity contribution is 5.79. The van der Waals surface area contributed by atoms with Gasteiger partial charge in [-0.25, -0.2) is 0 Å². The van der Waals surface area contributed by atoms with E-state index in [9.17, 15) is 9.59 Å². The van der Waals surface area contributed by atoms with E-state index in [0.717, 1.165) is 24.0 Å². The van der Waals surface area contributed by atoms with Gasteiger partial charge in [0.25, 0.3) is 0 Å². The number of likely N-dealkylation sites (tertiary alicyclic amines) is 1. The van der Waals surface area contributed by atoms with Gasteiger partial charge in [-0.3, -0.25) is 9.59 Å². The smallest absolute Gasteiger partial charge is 0.226 e. The molecule has 0 spiro atoms. The molecule has 1 N–H and O–H groups in total. The van der Waals surface area contributed by atoms with E-state index in [1.807, 2.05) is 60.4 Å². The van der Waals surface area contributed by atoms with Crippen LogP contribution in [0.1, 0.15) is 37.3 Å². The van der Waals surface area contributed by atoms with Crippen LogP contribution >= 0.6 is 0 Å². The molecule has 1 saturated heterocycles. The topological polar surface area (TPSA) is 67.9 Å². The van der Waals surface area contributed by atoms with Crippen molar-refractivity contribution in [3.8, 4) is 11.5 Å². The molecular weight excluding hydrogens is 392 g/mol. The number of benzene rings is 2. The van der Waals surface area contributed by atoms with Gasteiger partial charge in [0.05, 0.1) is 20.1 Å². The van der Waals surface area contributed by atoms with Crippen molar-refractivity contribution in [2.24, 2.45) is 0 Å². The molecule has 0 aromatic heterocycles. The molecule has 0 radical (unpaired) electrons. The molecule has 3 rings (SSSR count). The van der Waals surface area contributed by atoms with E-state index in [4.69, 9.17) is 9.47 Å². The van der Waals surface area contributed by atoms with E-state index in [0.29, 0.717) is 50.5 Å². The number of nitrogens with zero attached hydrogens (tertiary/aromatic N) is 1. The van der Waals surface area contributed by atoms with Gasteiger partial charge in [-0.05, 0) is 49.4 Å². The predicted molar refractivity (Wildman–Crippen MR) is 120 cm³/mol. The second-order valence-corrected chi connectivity index (χ2v) is 7.80. The molecule has 6 nitrogen and oxygen atoms in total. The maximum absolute atomic E-state index is 12.5. The van der Waals surface area contributed by atoms with Gasteiger partial charge < -0.3 is 19.7 Å². The van der Waals surface area contributed by atoms with Gasteiger partial charge in [0.15, 0.2) is 11.5 Å². The quantitative estimate of drug-likeness (QED) is 0.670. The van der Waals surface area contributed by atoms with Gasteiger partial charge in [0, 0.05) is 25.6 Å². The van der Waals surface area contributed by atoms with Gasteiger partial charge in [0.2, 0.25) is 11.8 Å². The summed E-state index contributed by atoms with van der Waals surface area (Å²) in [5, 5.41) is 3.13. The molecule has 0 bridgehead atoms. The maximum atomic E-state index is 12.5. The SMILES string of the molecule is CCOc1ccc(CCC(=O)NC2CCN(C(=O)Cc3ccccc3)CC2)cc1OC. The fraction of sp³-hybridized carbons (Fsp3) is 0.440. The molecule has 0 atom stereocenters. The minimum Gasteiger partial charge on any atom is -0.493 e. The summed E-state index contributed by atoms with van der Waals surface area (Å²) < 4.78 is 10.9. The first-order valence-electron chi connectivity index (χ1n) is 11.0. The van der Waals surface area contributed by atoms with Crippen LogP contribution in [0.5, 0.6) is 11.5 Å². The molecule has 2 aromatic rings. The van der Waals surface area contributed by atoms with Crippen molar-refractivity contribution < 1.29 is 19.1 Å². The zero-order chi connectivity index (χ0) is 22.1. The molecule has 1 heterocycles. The molecule has 6 heteroatoms. The average molecular weight is 425 g/mol. The lowest BCUT2D eigenvalue weighted by molar-refractivity contribution is -0.131. The van der Waals surface area contributed by atoms with Crippen molar-refractivity contribution in [1.82, 2.24) is 10.2 Å². The van der Waals surface area contributed by atoms with Crippen LogP contribution in [0.3, 0.4) is 0 Å². The third kappa shape index (κ3) is 6.74. The first-order chi connectivity index (χ1) is 15.1. The Bertz CT molecular complexity index is 861. The van der Waals surface area contributed by atoms with Crippen molar-refractivity contribution in [1.29, 1.82) is 0 Å². The van der Waals surface area contributed by atoms with Crippen molar-refractivity contribution in [3.63, 3.8) is 0 Å². The molecule has 1 aliphatic heterocycles. The Hall–Kier alpha value is -3.02. The van der Waals surface area contributed by atoms with Gasteiger partial charge in [0.1, 0.15) is 0 Å². The summed E-state index contributed by atoms with van der Waals surface area (Å²) in [6.07, 6.45) is 3.09. The number of rotatable bonds is 9. The molecule has 31 heavy (non-hydrogen) atoms. The van der Waals surface area contributed by atoms with E-state index in [1.165, 1.54) is 0 Å². The lowest BCUT2D eigenvalue weighted by atomic mass is 10.0. The number of hydrogen-bond donors (Lipinski definition) is 1. The number of amides is 2. The van der Waals surface area contributed by atoms with E-state index < -0.39 is 0 Å². The minimum atomic E-state index is 0.0434. The van der Waals surface area contributed by atoms with Crippen molar-refractivity contribution >= 4 is 11.8 Å². The number of carbonyl (C=O) groups excluding carboxylic acids is 2. The Morgan fingerprint density at radius 3 is 2.45 bits per heavy atom. The highest BCUT2D eigenvalue weighted by Gasteiger charge is 2.23. The van der Waals surface area contributed by atoms with Gasteiger partial charge >= 0.3 is 0 Å². The van der Waals surface area contributed by atoms with Crippen LogP contribution in [0.2, 0.25) is 0 Å². The molecule has 2 aromatic carbocycles. The number of ether oxygens (including phenoxy) is 2. The first-order valence-corrected chi connectivity index (χ1v) is 11.0. The van der Waals surface area contributed by atoms with Gasteiger partial charge in [-0.15, -0.1) is 0 Å². The van der Waals surface area contributed by atoms with Crippen LogP contribution in [-0.4, -0.2) is 49.6 Å². The first kappa shape index (κ1) is 22.7. The molecular formula is C25H32N2O4. The van der Waals surface area contributed by atoms with Crippen LogP contribution in [-0.2, 0) is 22.4 Å². The summed E-state index contributed by atoms with van der Waals surface area (Å²) in [7, 11) is 1.62. The zero-order valence-corrected chi connectivity index (χ0v) is 18.4. The monoisotopic (exact) mass is 424 g/mol. The zero-order valence-electron chi connectivity index (χ0n) is 18.4. The van der Waals surface area contributed by atoms with Crippen molar-refractivity contribution in [3.05, 3.63) is 59.7 Å². The number of nitrogens with one attached hydrogen (secondary N) is 1. The lowest BCUT2D eigenvalue weighted by Crippen LogP contribution is -2.47. The fourth-order valence-corrected chi connectivity index (χ4v) is 3.86. The maximum Gasteiger partial charge on any atom is 0.226 e. The summed E-state index contributed by atoms with van der Waals surface area (Å²) in [5.41, 5.74) is 2.07. The standard InChI is InChI=1S/C25H32N2O4/c1-3-31-22-11-9-20(17-23(22)30-2)10-12-24(28)26-21-13-15-27(16-14-21)25(29)18-19-7-5-4-6-8-19/h4-9,11,17,21H,3,10,12-16,18H2,1-2H3,(H,26,28). The molecule has 166 valence electrons. The number of hydrogen-bond acceptors (Lipinski definition) is 4. The van der Waals surface area contributed by atoms with Crippen LogP contribution in [0.15, 0.2) is 48.5 Å². The third-order valence-corrected chi connectivity index (χ3v) is 5.58. The fourth-order valence-electron chi connectivity index (χ4n) is 3.86. The second-order valence-electron chi connectivity index (χ2n) is 7.80. The summed E-state index contributed by atoms with van der Waals surface area (Å²) in [5.74, 6) is 1.60. The van der Waals surface area contributed by atoms with E-state index in [-0.39, 0.29) is 17.9 Å². The highest BCUT2D eigenvalue weighted by atomic mass is 16.5. The molecule has 1 fully saturated rings. The normalized spacial score (nSPS) is 14.2. The summed E-state index contributed by atoms with van der Waals surface area (Å²) >= 11 is 0. The summed E-state index contributed by atoms with van der Waals surface area (Å²) in [6, 6.07) is 15.7. The van der Waals surface area contributed by atoms with Crippen LogP contribution in [0.4, 0.5) is 0 Å². The van der Waals surface area contributed by atoms with Crippen LogP contribution in [0.25, 0.3) is 0 Å². The van der Waals surface area contributed by atoms with E-state index >= 15 is 0 Å². The largest absolute Gasteiger partial charge is 0.493 e. The lowest BCUT2D eigenvalue weighted by Gasteiger charge is -2.32. The number of aryl methyl sites for hydroxylation is 1. The summed E-state index contributed by atoms with van der Waals surface area (Å²) in [6.45, 7) is 3.88. The Labute approximate surface area is 184 Å². The molecule has 0 unspecified atom stereocenters. The number of piperidine rings is 1.